The summed E-state index contributed by atoms with van der Waals surface area (Å²) < 4.78 is 5.60. The smallest absolute Gasteiger partial charge is 0.256 e. The first-order chi connectivity index (χ1) is 18.3. The summed E-state index contributed by atoms with van der Waals surface area (Å²) in [6, 6.07) is 19.3. The Balaban J connectivity index is 1.52. The number of carbonyl (C=O) groups excluding carboxylic acids is 2. The lowest BCUT2D eigenvalue weighted by Gasteiger charge is -2.24. The molecular formula is C29H29Cl2N3O3S. The number of nitrogens with zero attached hydrogens (tertiary/aromatic N) is 2. The SMILES string of the molecule is CCCOc1ccc(NC(=O)C[C@@H]2C(=O)N(c3ccc(C)cc3)C(=S)N2CCc2ccc(Cl)cc2Cl)cc1. The number of ether oxygens (including phenoxy) is 1. The molecule has 198 valence electrons. The van der Waals surface area contributed by atoms with E-state index in [1.807, 2.05) is 61.2 Å². The fourth-order valence-electron chi connectivity index (χ4n) is 4.23. The lowest BCUT2D eigenvalue weighted by Crippen LogP contribution is -2.39. The number of rotatable bonds is 10. The standard InChI is InChI=1S/C29H29Cl2N3O3S/c1-3-16-37-24-12-8-22(9-13-24)32-27(35)18-26-28(36)34(23-10-4-19(2)5-11-23)29(38)33(26)15-14-20-6-7-21(30)17-25(20)31/h4-13,17,26H,3,14-16,18H2,1-2H3,(H,32,35)/t26-/m1/s1. The van der Waals surface area contributed by atoms with Crippen LogP contribution in [0.25, 0.3) is 0 Å². The van der Waals surface area contributed by atoms with Gasteiger partial charge in [-0.15, -0.1) is 0 Å². The number of anilines is 2. The molecule has 2 amide bonds. The van der Waals surface area contributed by atoms with Crippen molar-refractivity contribution in [2.45, 2.75) is 39.2 Å². The van der Waals surface area contributed by atoms with Gasteiger partial charge in [-0.1, -0.05) is 53.9 Å². The van der Waals surface area contributed by atoms with Crippen LogP contribution < -0.4 is 15.0 Å². The Morgan fingerprint density at radius 2 is 1.76 bits per heavy atom. The monoisotopic (exact) mass is 569 g/mol. The number of thiocarbonyl (C=S) groups is 1. The third-order valence-electron chi connectivity index (χ3n) is 6.24. The van der Waals surface area contributed by atoms with Crippen LogP contribution in [0, 0.1) is 6.92 Å². The topological polar surface area (TPSA) is 61.9 Å². The van der Waals surface area contributed by atoms with E-state index in [2.05, 4.69) is 5.32 Å². The number of carbonyl (C=O) groups is 2. The molecule has 38 heavy (non-hydrogen) atoms. The van der Waals surface area contributed by atoms with Gasteiger partial charge in [0.25, 0.3) is 5.91 Å². The van der Waals surface area contributed by atoms with E-state index < -0.39 is 6.04 Å². The highest BCUT2D eigenvalue weighted by atomic mass is 35.5. The summed E-state index contributed by atoms with van der Waals surface area (Å²) in [5.41, 5.74) is 3.25. The van der Waals surface area contributed by atoms with E-state index in [1.54, 1.807) is 24.3 Å². The Labute approximate surface area is 238 Å². The van der Waals surface area contributed by atoms with E-state index >= 15 is 0 Å². The molecule has 1 aliphatic rings. The van der Waals surface area contributed by atoms with Crippen molar-refractivity contribution in [1.29, 1.82) is 0 Å². The van der Waals surface area contributed by atoms with Crippen LogP contribution in [0.2, 0.25) is 10.0 Å². The largest absolute Gasteiger partial charge is 0.494 e. The molecule has 1 N–H and O–H groups in total. The maximum absolute atomic E-state index is 13.6. The molecule has 1 saturated heterocycles. The number of benzene rings is 3. The summed E-state index contributed by atoms with van der Waals surface area (Å²) in [5.74, 6) is 0.218. The molecule has 3 aromatic carbocycles. The Hall–Kier alpha value is -3.13. The molecule has 0 bridgehead atoms. The minimum Gasteiger partial charge on any atom is -0.494 e. The Morgan fingerprint density at radius 3 is 2.42 bits per heavy atom. The molecule has 0 aliphatic carbocycles. The Morgan fingerprint density at radius 1 is 1.05 bits per heavy atom. The van der Waals surface area contributed by atoms with Crippen molar-refractivity contribution < 1.29 is 14.3 Å². The fourth-order valence-corrected chi connectivity index (χ4v) is 5.14. The molecular weight excluding hydrogens is 541 g/mol. The van der Waals surface area contributed by atoms with Gasteiger partial charge in [0, 0.05) is 22.3 Å². The van der Waals surface area contributed by atoms with E-state index in [9.17, 15) is 9.59 Å². The Kier molecular flexibility index (Phi) is 9.26. The van der Waals surface area contributed by atoms with Gasteiger partial charge >= 0.3 is 0 Å². The summed E-state index contributed by atoms with van der Waals surface area (Å²) in [4.78, 5) is 30.0. The summed E-state index contributed by atoms with van der Waals surface area (Å²) in [6.07, 6.45) is 1.39. The maximum Gasteiger partial charge on any atom is 0.256 e. The zero-order valence-electron chi connectivity index (χ0n) is 21.2. The molecule has 3 aromatic rings. The molecule has 0 spiro atoms. The molecule has 9 heteroatoms. The van der Waals surface area contributed by atoms with E-state index in [1.165, 1.54) is 4.90 Å². The molecule has 1 heterocycles. The van der Waals surface area contributed by atoms with Gasteiger partial charge in [0.2, 0.25) is 5.91 Å². The van der Waals surface area contributed by atoms with Crippen LogP contribution in [0.15, 0.2) is 66.7 Å². The van der Waals surface area contributed by atoms with Crippen LogP contribution >= 0.6 is 35.4 Å². The van der Waals surface area contributed by atoms with Gasteiger partial charge in [-0.3, -0.25) is 14.5 Å². The molecule has 1 atom stereocenters. The quantitative estimate of drug-likeness (QED) is 0.276. The highest BCUT2D eigenvalue weighted by molar-refractivity contribution is 7.80. The van der Waals surface area contributed by atoms with Crippen LogP contribution in [0.3, 0.4) is 0 Å². The minimum atomic E-state index is -0.748. The normalized spacial score (nSPS) is 15.2. The molecule has 6 nitrogen and oxygen atoms in total. The summed E-state index contributed by atoms with van der Waals surface area (Å²) >= 11 is 18.2. The van der Waals surface area contributed by atoms with Gasteiger partial charge in [-0.25, -0.2) is 0 Å². The first-order valence-electron chi connectivity index (χ1n) is 12.4. The zero-order valence-corrected chi connectivity index (χ0v) is 23.6. The summed E-state index contributed by atoms with van der Waals surface area (Å²) in [6.45, 7) is 5.06. The number of hydrogen-bond donors (Lipinski definition) is 1. The molecule has 4 rings (SSSR count). The van der Waals surface area contributed by atoms with Crippen molar-refractivity contribution in [3.8, 4) is 5.75 Å². The fraction of sp³-hybridized carbons (Fsp3) is 0.276. The van der Waals surface area contributed by atoms with Crippen molar-refractivity contribution in [2.24, 2.45) is 0 Å². The number of halogens is 2. The van der Waals surface area contributed by atoms with Gasteiger partial charge in [-0.05, 0) is 86.1 Å². The number of amides is 2. The van der Waals surface area contributed by atoms with Gasteiger partial charge in [0.1, 0.15) is 11.8 Å². The van der Waals surface area contributed by atoms with Crippen molar-refractivity contribution in [1.82, 2.24) is 4.90 Å². The van der Waals surface area contributed by atoms with Crippen LogP contribution in [0.1, 0.15) is 30.9 Å². The number of nitrogens with one attached hydrogen (secondary N) is 1. The van der Waals surface area contributed by atoms with Crippen LogP contribution in [-0.4, -0.2) is 41.0 Å². The number of aryl methyl sites for hydroxylation is 1. The third kappa shape index (κ3) is 6.65. The van der Waals surface area contributed by atoms with Crippen molar-refractivity contribution in [3.05, 3.63) is 87.9 Å². The first-order valence-corrected chi connectivity index (χ1v) is 13.6. The minimum absolute atomic E-state index is 0.0518. The predicted molar refractivity (Wildman–Crippen MR) is 157 cm³/mol. The molecule has 1 fully saturated rings. The molecule has 0 unspecified atom stereocenters. The summed E-state index contributed by atoms with van der Waals surface area (Å²) in [5, 5.41) is 4.35. The molecule has 1 aliphatic heterocycles. The molecule has 0 aromatic heterocycles. The lowest BCUT2D eigenvalue weighted by atomic mass is 10.1. The molecule has 0 saturated carbocycles. The zero-order chi connectivity index (χ0) is 27.2. The summed E-state index contributed by atoms with van der Waals surface area (Å²) in [7, 11) is 0. The van der Waals surface area contributed by atoms with Gasteiger partial charge in [-0.2, -0.15) is 0 Å². The van der Waals surface area contributed by atoms with Gasteiger partial charge in [0.15, 0.2) is 5.11 Å². The second-order valence-electron chi connectivity index (χ2n) is 9.11. The van der Waals surface area contributed by atoms with Crippen LogP contribution in [0.5, 0.6) is 5.75 Å². The highest BCUT2D eigenvalue weighted by Gasteiger charge is 2.43. The van der Waals surface area contributed by atoms with Crippen LogP contribution in [0.4, 0.5) is 11.4 Å². The van der Waals surface area contributed by atoms with E-state index in [4.69, 9.17) is 40.2 Å². The maximum atomic E-state index is 13.6. The van der Waals surface area contributed by atoms with E-state index in [-0.39, 0.29) is 18.2 Å². The first kappa shape index (κ1) is 27.9. The van der Waals surface area contributed by atoms with Crippen molar-refractivity contribution in [2.75, 3.05) is 23.4 Å². The third-order valence-corrected chi connectivity index (χ3v) is 7.24. The van der Waals surface area contributed by atoms with E-state index in [0.717, 1.165) is 23.3 Å². The second-order valence-corrected chi connectivity index (χ2v) is 10.3. The average molecular weight is 571 g/mol. The molecule has 0 radical (unpaired) electrons. The van der Waals surface area contributed by atoms with Gasteiger partial charge in [0.05, 0.1) is 18.7 Å². The van der Waals surface area contributed by atoms with Crippen molar-refractivity contribution in [3.63, 3.8) is 0 Å². The Bertz CT molecular complexity index is 1320. The van der Waals surface area contributed by atoms with Gasteiger partial charge < -0.3 is 15.0 Å². The average Bonchev–Trinajstić information content (AvgIpc) is 3.12. The van der Waals surface area contributed by atoms with E-state index in [0.29, 0.717) is 46.1 Å². The van der Waals surface area contributed by atoms with Crippen LogP contribution in [-0.2, 0) is 16.0 Å². The number of hydrogen-bond acceptors (Lipinski definition) is 4. The lowest BCUT2D eigenvalue weighted by molar-refractivity contribution is -0.124. The second kappa shape index (κ2) is 12.6. The van der Waals surface area contributed by atoms with Crippen molar-refractivity contribution >= 4 is 63.7 Å². The highest BCUT2D eigenvalue weighted by Crippen LogP contribution is 2.29. The predicted octanol–water partition coefficient (Wildman–Crippen LogP) is 6.66.